The summed E-state index contributed by atoms with van der Waals surface area (Å²) in [5.74, 6) is 0.203. The Morgan fingerprint density at radius 2 is 2.20 bits per heavy atom. The van der Waals surface area contributed by atoms with E-state index in [1.165, 1.54) is 0 Å². The van der Waals surface area contributed by atoms with Crippen molar-refractivity contribution < 1.29 is 14.6 Å². The van der Waals surface area contributed by atoms with Gasteiger partial charge in [0.05, 0.1) is 12.8 Å². The molecule has 0 aromatic heterocycles. The second kappa shape index (κ2) is 9.83. The highest BCUT2D eigenvalue weighted by Crippen LogP contribution is 2.18. The fraction of sp³-hybridized carbons (Fsp3) is 0.727. The molecule has 0 spiro atoms. The van der Waals surface area contributed by atoms with Gasteiger partial charge in [-0.05, 0) is 25.7 Å². The van der Waals surface area contributed by atoms with Crippen LogP contribution in [0.4, 0.5) is 0 Å². The maximum absolute atomic E-state index is 10.6. The van der Waals surface area contributed by atoms with Crippen LogP contribution in [0.1, 0.15) is 25.7 Å². The first-order valence-electron chi connectivity index (χ1n) is 5.25. The molecule has 0 amide bonds. The van der Waals surface area contributed by atoms with Crippen LogP contribution in [-0.2, 0) is 9.53 Å². The van der Waals surface area contributed by atoms with Crippen LogP contribution in [0.5, 0.6) is 0 Å². The van der Waals surface area contributed by atoms with E-state index in [0.717, 1.165) is 39.1 Å². The molecule has 0 heterocycles. The molecule has 0 radical (unpaired) electrons. The summed E-state index contributed by atoms with van der Waals surface area (Å²) in [7, 11) is 1.00. The van der Waals surface area contributed by atoms with Crippen molar-refractivity contribution in [2.75, 3.05) is 13.8 Å². The number of carbonyl (C=O) groups excluding carboxylic acids is 1. The average molecular weight is 215 g/mol. The number of allylic oxidation sites excluding steroid dienone is 1. The first-order chi connectivity index (χ1) is 7.36. The summed E-state index contributed by atoms with van der Waals surface area (Å²) < 4.78 is 5.29. The Balaban J connectivity index is 0.000000921. The van der Waals surface area contributed by atoms with Crippen LogP contribution in [0.2, 0.25) is 0 Å². The van der Waals surface area contributed by atoms with Gasteiger partial charge in [0.25, 0.3) is 0 Å². The second-order valence-electron chi connectivity index (χ2n) is 3.35. The number of nitrogens with two attached hydrogens (primary N) is 1. The number of carbonyl (C=O) groups is 1. The monoisotopic (exact) mass is 215 g/mol. The van der Waals surface area contributed by atoms with Crippen molar-refractivity contribution in [3.8, 4) is 0 Å². The topological polar surface area (TPSA) is 72.6 Å². The van der Waals surface area contributed by atoms with Crippen molar-refractivity contribution in [1.82, 2.24) is 0 Å². The van der Waals surface area contributed by atoms with Gasteiger partial charge < -0.3 is 20.4 Å². The third-order valence-corrected chi connectivity index (χ3v) is 2.38. The third-order valence-electron chi connectivity index (χ3n) is 2.38. The lowest BCUT2D eigenvalue weighted by Crippen LogP contribution is -2.18. The number of aldehydes is 1. The minimum atomic E-state index is 0.104. The number of hydrogen-bond acceptors (Lipinski definition) is 4. The molecule has 0 fully saturated rings. The largest absolute Gasteiger partial charge is 0.400 e. The van der Waals surface area contributed by atoms with E-state index in [4.69, 9.17) is 15.6 Å². The number of ether oxygens (including phenoxy) is 1. The Kier molecular flexibility index (Phi) is 9.36. The molecule has 4 nitrogen and oxygen atoms in total. The molecule has 2 atom stereocenters. The highest BCUT2D eigenvalue weighted by atomic mass is 16.5. The van der Waals surface area contributed by atoms with E-state index in [1.807, 2.05) is 6.08 Å². The van der Waals surface area contributed by atoms with Crippen LogP contribution < -0.4 is 5.73 Å². The van der Waals surface area contributed by atoms with Crippen molar-refractivity contribution in [2.24, 2.45) is 11.7 Å². The number of aliphatic hydroxyl groups is 1. The highest BCUT2D eigenvalue weighted by molar-refractivity contribution is 5.53. The SMILES string of the molecule is CO.NCOC1/C=C/CCC(C=O)CC1. The molecule has 0 aliphatic heterocycles. The maximum Gasteiger partial charge on any atom is 0.123 e. The molecule has 1 aliphatic carbocycles. The van der Waals surface area contributed by atoms with Crippen LogP contribution in [0.25, 0.3) is 0 Å². The summed E-state index contributed by atoms with van der Waals surface area (Å²) in [6.07, 6.45) is 9.04. The summed E-state index contributed by atoms with van der Waals surface area (Å²) >= 11 is 0. The van der Waals surface area contributed by atoms with Crippen LogP contribution in [-0.4, -0.2) is 31.3 Å². The van der Waals surface area contributed by atoms with Crippen molar-refractivity contribution in [3.63, 3.8) is 0 Å². The summed E-state index contributed by atoms with van der Waals surface area (Å²) in [6.45, 7) is 0.251. The molecule has 0 bridgehead atoms. The van der Waals surface area contributed by atoms with E-state index >= 15 is 0 Å². The van der Waals surface area contributed by atoms with Gasteiger partial charge >= 0.3 is 0 Å². The van der Waals surface area contributed by atoms with Crippen LogP contribution in [0, 0.1) is 5.92 Å². The summed E-state index contributed by atoms with van der Waals surface area (Å²) in [6, 6.07) is 0. The summed E-state index contributed by atoms with van der Waals surface area (Å²) in [5, 5.41) is 7.00. The fourth-order valence-electron chi connectivity index (χ4n) is 1.58. The minimum Gasteiger partial charge on any atom is -0.400 e. The minimum absolute atomic E-state index is 0.104. The molecule has 2 unspecified atom stereocenters. The van der Waals surface area contributed by atoms with Crippen LogP contribution >= 0.6 is 0 Å². The van der Waals surface area contributed by atoms with Crippen LogP contribution in [0.3, 0.4) is 0 Å². The van der Waals surface area contributed by atoms with E-state index in [2.05, 4.69) is 6.08 Å². The lowest BCUT2D eigenvalue weighted by molar-refractivity contribution is -0.111. The lowest BCUT2D eigenvalue weighted by Gasteiger charge is -2.17. The Morgan fingerprint density at radius 3 is 2.80 bits per heavy atom. The van der Waals surface area contributed by atoms with Gasteiger partial charge in [-0.3, -0.25) is 0 Å². The van der Waals surface area contributed by atoms with Gasteiger partial charge in [0.2, 0.25) is 0 Å². The van der Waals surface area contributed by atoms with Crippen molar-refractivity contribution in [3.05, 3.63) is 12.2 Å². The van der Waals surface area contributed by atoms with Crippen molar-refractivity contribution >= 4 is 6.29 Å². The zero-order valence-electron chi connectivity index (χ0n) is 9.26. The zero-order chi connectivity index (χ0) is 11.5. The fourth-order valence-corrected chi connectivity index (χ4v) is 1.58. The molecule has 1 rings (SSSR count). The van der Waals surface area contributed by atoms with Gasteiger partial charge in [0.1, 0.15) is 6.29 Å². The first kappa shape index (κ1) is 14.3. The van der Waals surface area contributed by atoms with Crippen molar-refractivity contribution in [2.45, 2.75) is 31.8 Å². The number of hydrogen-bond donors (Lipinski definition) is 2. The molecular formula is C11H21NO3. The Labute approximate surface area is 91.1 Å². The molecule has 0 saturated carbocycles. The van der Waals surface area contributed by atoms with E-state index in [1.54, 1.807) is 0 Å². The highest BCUT2D eigenvalue weighted by Gasteiger charge is 2.13. The molecule has 88 valence electrons. The van der Waals surface area contributed by atoms with E-state index in [9.17, 15) is 4.79 Å². The molecule has 1 aliphatic rings. The molecular weight excluding hydrogens is 194 g/mol. The lowest BCUT2D eigenvalue weighted by atomic mass is 9.94. The number of aliphatic hydroxyl groups excluding tert-OH is 1. The Bertz CT molecular complexity index is 183. The van der Waals surface area contributed by atoms with Gasteiger partial charge in [-0.15, -0.1) is 0 Å². The predicted octanol–water partition coefficient (Wildman–Crippen LogP) is 0.842. The standard InChI is InChI=1S/C10H17NO2.CH4O/c11-8-13-10-4-2-1-3-9(7-12)5-6-10;1-2/h2,4,7,9-10H,1,3,5-6,8,11H2;2H,1H3/b4-2+;. The normalized spacial score (nSPS) is 27.9. The smallest absolute Gasteiger partial charge is 0.123 e. The molecule has 0 aromatic rings. The van der Waals surface area contributed by atoms with E-state index in [-0.39, 0.29) is 18.8 Å². The molecule has 3 N–H and O–H groups in total. The summed E-state index contributed by atoms with van der Waals surface area (Å²) in [4.78, 5) is 10.6. The molecule has 0 aromatic carbocycles. The van der Waals surface area contributed by atoms with Crippen molar-refractivity contribution in [1.29, 1.82) is 0 Å². The third kappa shape index (κ3) is 6.38. The maximum atomic E-state index is 10.6. The van der Waals surface area contributed by atoms with E-state index in [0.29, 0.717) is 0 Å². The Morgan fingerprint density at radius 1 is 1.47 bits per heavy atom. The first-order valence-corrected chi connectivity index (χ1v) is 5.25. The molecule has 4 heteroatoms. The quantitative estimate of drug-likeness (QED) is 0.416. The zero-order valence-corrected chi connectivity index (χ0v) is 9.26. The predicted molar refractivity (Wildman–Crippen MR) is 59.2 cm³/mol. The van der Waals surface area contributed by atoms with Gasteiger partial charge in [0.15, 0.2) is 0 Å². The average Bonchev–Trinajstić information content (AvgIpc) is 2.26. The summed E-state index contributed by atoms with van der Waals surface area (Å²) in [5.41, 5.74) is 5.29. The Hall–Kier alpha value is -0.710. The van der Waals surface area contributed by atoms with Crippen LogP contribution in [0.15, 0.2) is 12.2 Å². The van der Waals surface area contributed by atoms with E-state index < -0.39 is 0 Å². The van der Waals surface area contributed by atoms with Gasteiger partial charge in [-0.1, -0.05) is 12.2 Å². The molecule has 0 saturated heterocycles. The molecule has 15 heavy (non-hydrogen) atoms. The number of rotatable bonds is 3. The van der Waals surface area contributed by atoms with Gasteiger partial charge in [-0.2, -0.15) is 0 Å². The van der Waals surface area contributed by atoms with Gasteiger partial charge in [0, 0.05) is 13.0 Å². The second-order valence-corrected chi connectivity index (χ2v) is 3.35. The van der Waals surface area contributed by atoms with Gasteiger partial charge in [-0.25, -0.2) is 0 Å².